The van der Waals surface area contributed by atoms with Crippen molar-refractivity contribution in [3.63, 3.8) is 0 Å². The van der Waals surface area contributed by atoms with Crippen molar-refractivity contribution >= 4 is 0 Å². The molecule has 0 bridgehead atoms. The molecule has 1 aliphatic carbocycles. The highest BCUT2D eigenvalue weighted by Crippen LogP contribution is 2.38. The van der Waals surface area contributed by atoms with E-state index in [1.54, 1.807) is 14.2 Å². The van der Waals surface area contributed by atoms with E-state index in [1.807, 2.05) is 54.6 Å². The first-order chi connectivity index (χ1) is 13.3. The summed E-state index contributed by atoms with van der Waals surface area (Å²) >= 11 is 0. The SMILES string of the molecule is COC1=CCC(OC)(c2nc(-c3ccccc3)c(-c3ccccc3)[nH]2)C=C1. The van der Waals surface area contributed by atoms with Crippen molar-refractivity contribution in [3.05, 3.63) is 90.5 Å². The number of benzene rings is 2. The first-order valence-electron chi connectivity index (χ1n) is 8.95. The highest BCUT2D eigenvalue weighted by atomic mass is 16.5. The standard InChI is InChI=1S/C23H22N2O2/c1-26-19-13-15-23(27-2,16-14-19)22-24-20(17-9-5-3-6-10-17)21(25-22)18-11-7-4-8-12-18/h3-15H,16H2,1-2H3,(H,24,25). The average Bonchev–Trinajstić information content (AvgIpc) is 3.21. The van der Waals surface area contributed by atoms with Crippen LogP contribution in [0.4, 0.5) is 0 Å². The lowest BCUT2D eigenvalue weighted by molar-refractivity contribution is 0.0220. The second-order valence-corrected chi connectivity index (χ2v) is 6.48. The van der Waals surface area contributed by atoms with Crippen LogP contribution in [0.25, 0.3) is 22.5 Å². The van der Waals surface area contributed by atoms with Crippen molar-refractivity contribution < 1.29 is 9.47 Å². The number of aromatic amines is 1. The number of aromatic nitrogens is 2. The van der Waals surface area contributed by atoms with Crippen molar-refractivity contribution in [1.29, 1.82) is 0 Å². The Morgan fingerprint density at radius 1 is 0.926 bits per heavy atom. The molecule has 4 heteroatoms. The molecule has 0 saturated heterocycles. The van der Waals surface area contributed by atoms with Gasteiger partial charge in [-0.2, -0.15) is 0 Å². The number of nitrogens with one attached hydrogen (secondary N) is 1. The first kappa shape index (κ1) is 17.3. The predicted molar refractivity (Wildman–Crippen MR) is 107 cm³/mol. The molecule has 0 saturated carbocycles. The largest absolute Gasteiger partial charge is 0.497 e. The van der Waals surface area contributed by atoms with Crippen LogP contribution in [0, 0.1) is 0 Å². The third kappa shape index (κ3) is 3.20. The number of methoxy groups -OCH3 is 2. The molecule has 4 rings (SSSR count). The van der Waals surface area contributed by atoms with Crippen LogP contribution in [0.1, 0.15) is 12.2 Å². The van der Waals surface area contributed by atoms with Gasteiger partial charge < -0.3 is 14.5 Å². The smallest absolute Gasteiger partial charge is 0.147 e. The van der Waals surface area contributed by atoms with Crippen molar-refractivity contribution in [2.24, 2.45) is 0 Å². The van der Waals surface area contributed by atoms with Gasteiger partial charge in [0.25, 0.3) is 0 Å². The van der Waals surface area contributed by atoms with Gasteiger partial charge in [-0.25, -0.2) is 4.98 Å². The summed E-state index contributed by atoms with van der Waals surface area (Å²) in [5.41, 5.74) is 3.43. The summed E-state index contributed by atoms with van der Waals surface area (Å²) in [6, 6.07) is 20.5. The lowest BCUT2D eigenvalue weighted by Gasteiger charge is -2.28. The molecule has 1 aliphatic rings. The Kier molecular flexibility index (Phi) is 4.65. The summed E-state index contributed by atoms with van der Waals surface area (Å²) in [4.78, 5) is 8.51. The van der Waals surface area contributed by atoms with E-state index < -0.39 is 5.60 Å². The molecule has 0 amide bonds. The number of rotatable bonds is 5. The van der Waals surface area contributed by atoms with Crippen LogP contribution >= 0.6 is 0 Å². The molecule has 27 heavy (non-hydrogen) atoms. The van der Waals surface area contributed by atoms with Crippen LogP contribution in [-0.4, -0.2) is 24.2 Å². The number of hydrogen-bond acceptors (Lipinski definition) is 3. The summed E-state index contributed by atoms with van der Waals surface area (Å²) in [7, 11) is 3.38. The molecule has 1 N–H and O–H groups in total. The van der Waals surface area contributed by atoms with Gasteiger partial charge in [-0.15, -0.1) is 0 Å². The number of H-pyrrole nitrogens is 1. The van der Waals surface area contributed by atoms with Crippen molar-refractivity contribution in [2.75, 3.05) is 14.2 Å². The molecule has 0 fully saturated rings. The zero-order valence-corrected chi connectivity index (χ0v) is 15.5. The van der Waals surface area contributed by atoms with Crippen molar-refractivity contribution in [2.45, 2.75) is 12.0 Å². The summed E-state index contributed by atoms with van der Waals surface area (Å²) in [6.07, 6.45) is 6.61. The fraction of sp³-hybridized carbons (Fsp3) is 0.174. The van der Waals surface area contributed by atoms with Crippen LogP contribution < -0.4 is 0 Å². The van der Waals surface area contributed by atoms with E-state index in [0.29, 0.717) is 6.42 Å². The molecular formula is C23H22N2O2. The average molecular weight is 358 g/mol. The maximum Gasteiger partial charge on any atom is 0.147 e. The Hall–Kier alpha value is -3.11. The second kappa shape index (κ2) is 7.25. The highest BCUT2D eigenvalue weighted by molar-refractivity contribution is 5.78. The Morgan fingerprint density at radius 2 is 1.59 bits per heavy atom. The number of hydrogen-bond donors (Lipinski definition) is 1. The van der Waals surface area contributed by atoms with Crippen molar-refractivity contribution in [3.8, 4) is 22.5 Å². The fourth-order valence-electron chi connectivity index (χ4n) is 3.37. The number of allylic oxidation sites excluding steroid dienone is 1. The minimum atomic E-state index is -0.640. The normalized spacial score (nSPS) is 19.0. The molecule has 4 nitrogen and oxygen atoms in total. The Balaban J connectivity index is 1.85. The highest BCUT2D eigenvalue weighted by Gasteiger charge is 2.35. The van der Waals surface area contributed by atoms with Gasteiger partial charge in [0, 0.05) is 24.7 Å². The van der Waals surface area contributed by atoms with Crippen LogP contribution in [0.2, 0.25) is 0 Å². The van der Waals surface area contributed by atoms with Gasteiger partial charge >= 0.3 is 0 Å². The molecule has 1 atom stereocenters. The van der Waals surface area contributed by atoms with E-state index in [4.69, 9.17) is 14.5 Å². The van der Waals surface area contributed by atoms with Gasteiger partial charge in [-0.3, -0.25) is 0 Å². The quantitative estimate of drug-likeness (QED) is 0.692. The van der Waals surface area contributed by atoms with Gasteiger partial charge in [0.15, 0.2) is 0 Å². The van der Waals surface area contributed by atoms with Crippen LogP contribution in [0.5, 0.6) is 0 Å². The van der Waals surface area contributed by atoms with Crippen molar-refractivity contribution in [1.82, 2.24) is 9.97 Å². The lowest BCUT2D eigenvalue weighted by atomic mass is 9.93. The molecule has 2 aromatic carbocycles. The predicted octanol–water partition coefficient (Wildman–Crippen LogP) is 5.08. The zero-order chi connectivity index (χ0) is 18.7. The summed E-state index contributed by atoms with van der Waals surface area (Å²) < 4.78 is 11.2. The van der Waals surface area contributed by atoms with E-state index in [-0.39, 0.29) is 0 Å². The molecule has 1 aromatic heterocycles. The third-order valence-corrected chi connectivity index (χ3v) is 4.94. The molecular weight excluding hydrogens is 336 g/mol. The van der Waals surface area contributed by atoms with Gasteiger partial charge in [0.05, 0.1) is 18.5 Å². The molecule has 3 aromatic rings. The number of ether oxygens (including phenoxy) is 2. The number of imidazole rings is 1. The molecule has 0 spiro atoms. The van der Waals surface area contributed by atoms with Crippen LogP contribution in [0.15, 0.2) is 84.7 Å². The van der Waals surface area contributed by atoms with Gasteiger partial charge in [-0.05, 0) is 18.2 Å². The molecule has 136 valence electrons. The summed E-state index contributed by atoms with van der Waals surface area (Å²) in [5.74, 6) is 1.62. The van der Waals surface area contributed by atoms with E-state index in [1.165, 1.54) is 0 Å². The molecule has 0 aliphatic heterocycles. The third-order valence-electron chi connectivity index (χ3n) is 4.94. The maximum absolute atomic E-state index is 5.92. The Labute approximate surface area is 159 Å². The lowest BCUT2D eigenvalue weighted by Crippen LogP contribution is -2.28. The van der Waals surface area contributed by atoms with E-state index in [0.717, 1.165) is 34.1 Å². The zero-order valence-electron chi connectivity index (χ0n) is 15.5. The molecule has 1 unspecified atom stereocenters. The van der Waals surface area contributed by atoms with Crippen LogP contribution in [0.3, 0.4) is 0 Å². The molecule has 1 heterocycles. The van der Waals surface area contributed by atoms with Gasteiger partial charge in [0.2, 0.25) is 0 Å². The minimum Gasteiger partial charge on any atom is -0.497 e. The Morgan fingerprint density at radius 3 is 2.15 bits per heavy atom. The maximum atomic E-state index is 5.92. The number of nitrogens with zero attached hydrogens (tertiary/aromatic N) is 1. The van der Waals surface area contributed by atoms with E-state index in [2.05, 4.69) is 29.2 Å². The fourth-order valence-corrected chi connectivity index (χ4v) is 3.37. The topological polar surface area (TPSA) is 47.1 Å². The van der Waals surface area contributed by atoms with E-state index >= 15 is 0 Å². The van der Waals surface area contributed by atoms with Crippen LogP contribution in [-0.2, 0) is 15.1 Å². The second-order valence-electron chi connectivity index (χ2n) is 6.48. The first-order valence-corrected chi connectivity index (χ1v) is 8.95. The van der Waals surface area contributed by atoms with Gasteiger partial charge in [-0.1, -0.05) is 60.7 Å². The Bertz CT molecular complexity index is 917. The monoisotopic (exact) mass is 358 g/mol. The summed E-state index contributed by atoms with van der Waals surface area (Å²) in [6.45, 7) is 0. The van der Waals surface area contributed by atoms with Gasteiger partial charge in [0.1, 0.15) is 17.2 Å². The van der Waals surface area contributed by atoms with E-state index in [9.17, 15) is 0 Å². The minimum absolute atomic E-state index is 0.640. The molecule has 0 radical (unpaired) electrons. The summed E-state index contributed by atoms with van der Waals surface area (Å²) in [5, 5.41) is 0.